The lowest BCUT2D eigenvalue weighted by Gasteiger charge is -2.29. The summed E-state index contributed by atoms with van der Waals surface area (Å²) in [7, 11) is 4.21. The Morgan fingerprint density at radius 2 is 1.77 bits per heavy atom. The third-order valence-electron chi connectivity index (χ3n) is 6.95. The summed E-state index contributed by atoms with van der Waals surface area (Å²) >= 11 is 0. The van der Waals surface area contributed by atoms with Crippen LogP contribution in [0.3, 0.4) is 0 Å². The summed E-state index contributed by atoms with van der Waals surface area (Å²) in [6.45, 7) is 6.92. The van der Waals surface area contributed by atoms with Crippen LogP contribution in [-0.4, -0.2) is 74.4 Å². The Morgan fingerprint density at radius 1 is 1.10 bits per heavy atom. The quantitative estimate of drug-likeness (QED) is 0.346. The molecule has 11 heteroatoms. The van der Waals surface area contributed by atoms with Crippen LogP contribution in [0.2, 0.25) is 0 Å². The van der Waals surface area contributed by atoms with E-state index < -0.39 is 53.9 Å². The summed E-state index contributed by atoms with van der Waals surface area (Å²) in [6.07, 6.45) is 3.61. The zero-order valence-electron chi connectivity index (χ0n) is 24.1. The van der Waals surface area contributed by atoms with Crippen LogP contribution < -0.4 is 11.1 Å². The number of primary amides is 1. The largest absolute Gasteiger partial charge is 0.492 e. The number of nitrogens with one attached hydrogen (secondary N) is 1. The van der Waals surface area contributed by atoms with E-state index in [9.17, 15) is 24.3 Å². The van der Waals surface area contributed by atoms with Gasteiger partial charge in [-0.05, 0) is 38.2 Å². The zero-order valence-corrected chi connectivity index (χ0v) is 24.1. The summed E-state index contributed by atoms with van der Waals surface area (Å²) in [5, 5.41) is 13.7. The maximum Gasteiger partial charge on any atom is 0.405 e. The molecule has 0 fully saturated rings. The monoisotopic (exact) mass is 560 g/mol. The van der Waals surface area contributed by atoms with E-state index in [2.05, 4.69) is 5.32 Å². The van der Waals surface area contributed by atoms with Gasteiger partial charge in [0.1, 0.15) is 6.10 Å². The highest BCUT2D eigenvalue weighted by atomic mass is 16.6. The Bertz CT molecular complexity index is 1150. The Hall–Kier alpha value is -3.54. The van der Waals surface area contributed by atoms with Crippen molar-refractivity contribution in [1.29, 1.82) is 0 Å². The number of methoxy groups -OCH3 is 3. The fraction of sp³-hybridized carbons (Fsp3) is 0.517. The second kappa shape index (κ2) is 14.7. The van der Waals surface area contributed by atoms with E-state index >= 15 is 0 Å². The molecule has 40 heavy (non-hydrogen) atoms. The van der Waals surface area contributed by atoms with Crippen molar-refractivity contribution in [3.63, 3.8) is 0 Å². The molecule has 220 valence electrons. The number of ether oxygens (including phenoxy) is 4. The van der Waals surface area contributed by atoms with Crippen LogP contribution in [0.5, 0.6) is 0 Å². The number of Topliss-reactive ketones (excluding diaryl/α,β-unsaturated/α-hetero) is 1. The van der Waals surface area contributed by atoms with Crippen molar-refractivity contribution in [2.75, 3.05) is 21.3 Å². The van der Waals surface area contributed by atoms with Crippen LogP contribution in [0, 0.1) is 11.8 Å². The molecule has 0 radical (unpaired) electrons. The van der Waals surface area contributed by atoms with Crippen molar-refractivity contribution in [1.82, 2.24) is 5.32 Å². The minimum absolute atomic E-state index is 0.0801. The molecule has 0 saturated carbocycles. The van der Waals surface area contributed by atoms with Crippen molar-refractivity contribution >= 4 is 23.6 Å². The number of fused-ring (bicyclic) bond motifs is 2. The fourth-order valence-corrected chi connectivity index (χ4v) is 4.78. The molecule has 2 bridgehead atoms. The Labute approximate surface area is 234 Å². The highest BCUT2D eigenvalue weighted by molar-refractivity contribution is 6.23. The van der Waals surface area contributed by atoms with Crippen molar-refractivity contribution in [2.45, 2.75) is 65.0 Å². The van der Waals surface area contributed by atoms with Crippen LogP contribution in [0.4, 0.5) is 4.79 Å². The second-order valence-corrected chi connectivity index (χ2v) is 10.1. The van der Waals surface area contributed by atoms with Crippen molar-refractivity contribution in [3.05, 3.63) is 58.6 Å². The molecule has 11 nitrogen and oxygen atoms in total. The number of hydrogen-bond acceptors (Lipinski definition) is 9. The summed E-state index contributed by atoms with van der Waals surface area (Å²) < 4.78 is 21.7. The average Bonchev–Trinajstić information content (AvgIpc) is 2.90. The zero-order chi connectivity index (χ0) is 30.1. The summed E-state index contributed by atoms with van der Waals surface area (Å²) in [5.74, 6) is -2.39. The molecular formula is C29H40N2O9. The van der Waals surface area contributed by atoms with Gasteiger partial charge in [-0.3, -0.25) is 14.4 Å². The number of amides is 2. The molecule has 0 aromatic heterocycles. The van der Waals surface area contributed by atoms with Gasteiger partial charge >= 0.3 is 6.09 Å². The smallest absolute Gasteiger partial charge is 0.405 e. The van der Waals surface area contributed by atoms with Crippen molar-refractivity contribution in [3.8, 4) is 0 Å². The molecule has 0 spiro atoms. The van der Waals surface area contributed by atoms with Crippen LogP contribution in [0.25, 0.3) is 0 Å². The maximum atomic E-state index is 13.3. The first kappa shape index (κ1) is 32.7. The highest BCUT2D eigenvalue weighted by Crippen LogP contribution is 2.29. The lowest BCUT2D eigenvalue weighted by atomic mass is 9.85. The summed E-state index contributed by atoms with van der Waals surface area (Å²) in [5.41, 5.74) is 6.12. The lowest BCUT2D eigenvalue weighted by Crippen LogP contribution is -2.37. The van der Waals surface area contributed by atoms with Gasteiger partial charge in [-0.15, -0.1) is 0 Å². The van der Waals surface area contributed by atoms with E-state index in [0.717, 1.165) is 6.08 Å². The molecule has 2 amide bonds. The third kappa shape index (κ3) is 8.23. The van der Waals surface area contributed by atoms with Gasteiger partial charge in [0.05, 0.1) is 25.0 Å². The minimum atomic E-state index is -1.00. The van der Waals surface area contributed by atoms with Gasteiger partial charge in [0, 0.05) is 37.4 Å². The van der Waals surface area contributed by atoms with E-state index in [1.165, 1.54) is 34.3 Å². The molecule has 0 saturated heterocycles. The van der Waals surface area contributed by atoms with Crippen LogP contribution in [-0.2, 0) is 33.3 Å². The molecule has 2 rings (SSSR count). The molecular weight excluding hydrogens is 520 g/mol. The third-order valence-corrected chi connectivity index (χ3v) is 6.95. The standard InChI is InChI=1S/C29H40N2O9/c1-15-11-19-25(34)20(14-21(32)27(19)39-7)31-28(35)16(2)9-8-10-22(37-5)26(40-29(30)36)18(4)13-17(3)24(33)23(12-15)38-6/h8-10,13-15,17,22-24,26,33H,11-12H2,1-7H3,(H2,30,36)(H,31,35)/b10-8-,16-9+,18-13-/t15-,17-,22+,23-,24-,26-/m1/s1. The predicted molar refractivity (Wildman–Crippen MR) is 147 cm³/mol. The molecule has 0 aromatic carbocycles. The summed E-state index contributed by atoms with van der Waals surface area (Å²) in [6, 6.07) is 0. The molecule has 0 unspecified atom stereocenters. The van der Waals surface area contributed by atoms with E-state index in [-0.39, 0.29) is 34.9 Å². The topological polar surface area (TPSA) is 163 Å². The molecule has 2 aliphatic rings. The highest BCUT2D eigenvalue weighted by Gasteiger charge is 2.34. The Morgan fingerprint density at radius 3 is 2.35 bits per heavy atom. The second-order valence-electron chi connectivity index (χ2n) is 10.1. The van der Waals surface area contributed by atoms with Gasteiger partial charge in [-0.25, -0.2) is 4.79 Å². The van der Waals surface area contributed by atoms with Crippen LogP contribution in [0.15, 0.2) is 58.6 Å². The van der Waals surface area contributed by atoms with Crippen molar-refractivity contribution in [2.24, 2.45) is 17.6 Å². The predicted octanol–water partition coefficient (Wildman–Crippen LogP) is 2.41. The lowest BCUT2D eigenvalue weighted by molar-refractivity contribution is -0.120. The number of nitrogens with two attached hydrogens (primary N) is 1. The number of rotatable bonds is 4. The number of allylic oxidation sites excluding steroid dienone is 4. The van der Waals surface area contributed by atoms with Gasteiger partial charge in [0.2, 0.25) is 11.6 Å². The molecule has 6 atom stereocenters. The van der Waals surface area contributed by atoms with Gasteiger partial charge in [0.25, 0.3) is 5.91 Å². The van der Waals surface area contributed by atoms with Gasteiger partial charge in [0.15, 0.2) is 11.9 Å². The maximum absolute atomic E-state index is 13.3. The van der Waals surface area contributed by atoms with E-state index in [4.69, 9.17) is 24.7 Å². The van der Waals surface area contributed by atoms with Crippen LogP contribution in [0.1, 0.15) is 40.5 Å². The molecule has 1 aliphatic carbocycles. The molecule has 0 aromatic rings. The first-order chi connectivity index (χ1) is 18.8. The Balaban J connectivity index is 2.60. The number of carbonyl (C=O) groups is 4. The SMILES string of the molecule is COC1=C2C[C@@H](C)C[C@@H](OC)[C@H](O)[C@H](C)/C=C(/C)[C@@H](OC(N)=O)[C@@H](OC)/C=C\C=C(/C)C(=O)NC(=CC1=O)C2=O. The average molecular weight is 561 g/mol. The molecule has 1 heterocycles. The number of ketones is 2. The van der Waals surface area contributed by atoms with Gasteiger partial charge in [-0.2, -0.15) is 0 Å². The normalized spacial score (nSPS) is 32.7. The first-order valence-electron chi connectivity index (χ1n) is 13.0. The fourth-order valence-electron chi connectivity index (χ4n) is 4.78. The van der Waals surface area contributed by atoms with Crippen LogP contribution >= 0.6 is 0 Å². The number of aliphatic hydroxyl groups excluding tert-OH is 1. The Kier molecular flexibility index (Phi) is 12.0. The van der Waals surface area contributed by atoms with Gasteiger partial charge < -0.3 is 35.1 Å². The number of aliphatic hydroxyl groups is 1. The number of hydrogen-bond donors (Lipinski definition) is 3. The molecule has 1 aliphatic heterocycles. The van der Waals surface area contributed by atoms with E-state index in [1.807, 2.05) is 6.92 Å². The van der Waals surface area contributed by atoms with E-state index in [0.29, 0.717) is 12.0 Å². The molecule has 4 N–H and O–H groups in total. The number of carbonyl (C=O) groups excluding carboxylic acids is 4. The van der Waals surface area contributed by atoms with Crippen molar-refractivity contribution < 1.29 is 43.2 Å². The first-order valence-corrected chi connectivity index (χ1v) is 13.0. The minimum Gasteiger partial charge on any atom is -0.492 e. The summed E-state index contributed by atoms with van der Waals surface area (Å²) in [4.78, 5) is 50.6. The van der Waals surface area contributed by atoms with E-state index in [1.54, 1.807) is 32.1 Å². The van der Waals surface area contributed by atoms with Gasteiger partial charge in [-0.1, -0.05) is 38.2 Å².